The monoisotopic (exact) mass is 433 g/mol. The Balaban J connectivity index is 1.73. The molecule has 0 aliphatic carbocycles. The number of ether oxygens (including phenoxy) is 1. The van der Waals surface area contributed by atoms with Crippen LogP contribution in [0.5, 0.6) is 0 Å². The van der Waals surface area contributed by atoms with E-state index in [1.54, 1.807) is 29.5 Å². The summed E-state index contributed by atoms with van der Waals surface area (Å²) in [7, 11) is 1.34. The molecular weight excluding hydrogens is 410 g/mol. The van der Waals surface area contributed by atoms with Crippen molar-refractivity contribution < 1.29 is 14.3 Å². The van der Waals surface area contributed by atoms with Crippen LogP contribution in [0.2, 0.25) is 0 Å². The molecule has 3 aromatic rings. The number of esters is 1. The predicted molar refractivity (Wildman–Crippen MR) is 125 cm³/mol. The maximum atomic E-state index is 13.0. The van der Waals surface area contributed by atoms with Gasteiger partial charge in [-0.2, -0.15) is 0 Å². The molecule has 0 bridgehead atoms. The van der Waals surface area contributed by atoms with Gasteiger partial charge in [0.2, 0.25) is 0 Å². The molecule has 0 spiro atoms. The molecule has 7 heteroatoms. The normalized spacial score (nSPS) is 14.1. The third-order valence-electron chi connectivity index (χ3n) is 5.01. The molecule has 6 nitrogen and oxygen atoms in total. The van der Waals surface area contributed by atoms with Gasteiger partial charge in [-0.3, -0.25) is 4.79 Å². The summed E-state index contributed by atoms with van der Waals surface area (Å²) in [5, 5.41) is 11.6. The van der Waals surface area contributed by atoms with Crippen LogP contribution in [0.15, 0.2) is 60.0 Å². The lowest BCUT2D eigenvalue weighted by atomic mass is 10.0. The number of amides is 1. The number of carbonyl (C=O) groups is 2. The summed E-state index contributed by atoms with van der Waals surface area (Å²) in [5.74, 6) is -0.652. The van der Waals surface area contributed by atoms with Gasteiger partial charge in [-0.05, 0) is 47.8 Å². The number of hydrogen-bond acceptors (Lipinski definition) is 6. The fourth-order valence-electron chi connectivity index (χ4n) is 3.45. The van der Waals surface area contributed by atoms with Crippen molar-refractivity contribution in [3.05, 3.63) is 81.5 Å². The van der Waals surface area contributed by atoms with Gasteiger partial charge in [-0.1, -0.05) is 31.2 Å². The molecule has 1 aliphatic rings. The zero-order valence-corrected chi connectivity index (χ0v) is 18.1. The molecule has 2 heterocycles. The Morgan fingerprint density at radius 1 is 1.13 bits per heavy atom. The molecule has 0 unspecified atom stereocenters. The SMILES string of the molecule is CCNCc1ccc(NC(=C2C(=O)Nc3cc(C(=O)OC)ccc32)c2cccs2)cc1. The number of hydrogen-bond donors (Lipinski definition) is 3. The Bertz CT molecular complexity index is 1140. The van der Waals surface area contributed by atoms with Crippen molar-refractivity contribution in [2.75, 3.05) is 24.3 Å². The topological polar surface area (TPSA) is 79.5 Å². The minimum atomic E-state index is -0.441. The van der Waals surface area contributed by atoms with E-state index in [1.165, 1.54) is 12.7 Å². The first-order valence-corrected chi connectivity index (χ1v) is 10.9. The van der Waals surface area contributed by atoms with Crippen LogP contribution in [0, 0.1) is 0 Å². The van der Waals surface area contributed by atoms with Crippen LogP contribution in [-0.4, -0.2) is 25.5 Å². The van der Waals surface area contributed by atoms with Gasteiger partial charge in [-0.25, -0.2) is 4.79 Å². The van der Waals surface area contributed by atoms with E-state index in [4.69, 9.17) is 4.74 Å². The molecule has 2 aromatic carbocycles. The first-order valence-electron chi connectivity index (χ1n) is 9.99. The quantitative estimate of drug-likeness (QED) is 0.376. The van der Waals surface area contributed by atoms with Crippen molar-refractivity contribution >= 4 is 45.9 Å². The molecule has 4 rings (SSSR count). The van der Waals surface area contributed by atoms with Gasteiger partial charge in [0, 0.05) is 17.8 Å². The van der Waals surface area contributed by atoms with Crippen molar-refractivity contribution in [2.24, 2.45) is 0 Å². The fourth-order valence-corrected chi connectivity index (χ4v) is 4.19. The van der Waals surface area contributed by atoms with Crippen molar-refractivity contribution in [2.45, 2.75) is 13.5 Å². The molecule has 1 amide bonds. The van der Waals surface area contributed by atoms with E-state index in [2.05, 4.69) is 35.0 Å². The number of rotatable bonds is 7. The molecular formula is C24H23N3O3S. The Hall–Kier alpha value is -3.42. The summed E-state index contributed by atoms with van der Waals surface area (Å²) >= 11 is 1.56. The van der Waals surface area contributed by atoms with Gasteiger partial charge >= 0.3 is 5.97 Å². The minimum absolute atomic E-state index is 0.211. The number of carbonyl (C=O) groups excluding carboxylic acids is 2. The summed E-state index contributed by atoms with van der Waals surface area (Å²) < 4.78 is 4.79. The van der Waals surface area contributed by atoms with Gasteiger partial charge in [0.25, 0.3) is 5.91 Å². The molecule has 0 atom stereocenters. The molecule has 1 aromatic heterocycles. The lowest BCUT2D eigenvalue weighted by molar-refractivity contribution is -0.110. The van der Waals surface area contributed by atoms with E-state index in [9.17, 15) is 9.59 Å². The van der Waals surface area contributed by atoms with Crippen LogP contribution in [-0.2, 0) is 16.1 Å². The maximum Gasteiger partial charge on any atom is 0.337 e. The highest BCUT2D eigenvalue weighted by Gasteiger charge is 2.29. The average Bonchev–Trinajstić information content (AvgIpc) is 3.43. The summed E-state index contributed by atoms with van der Waals surface area (Å²) in [6.07, 6.45) is 0. The number of methoxy groups -OCH3 is 1. The third-order valence-corrected chi connectivity index (χ3v) is 5.89. The Morgan fingerprint density at radius 2 is 1.94 bits per heavy atom. The highest BCUT2D eigenvalue weighted by atomic mass is 32.1. The number of anilines is 2. The smallest absolute Gasteiger partial charge is 0.337 e. The number of benzene rings is 2. The van der Waals surface area contributed by atoms with Crippen molar-refractivity contribution in [3.8, 4) is 0 Å². The molecule has 0 saturated heterocycles. The number of fused-ring (bicyclic) bond motifs is 1. The molecule has 0 radical (unpaired) electrons. The zero-order chi connectivity index (χ0) is 21.8. The minimum Gasteiger partial charge on any atom is -0.465 e. The second-order valence-electron chi connectivity index (χ2n) is 7.04. The summed E-state index contributed by atoms with van der Waals surface area (Å²) in [6.45, 7) is 3.81. The molecule has 0 fully saturated rings. The first kappa shape index (κ1) is 20.8. The van der Waals surface area contributed by atoms with Crippen LogP contribution < -0.4 is 16.0 Å². The van der Waals surface area contributed by atoms with E-state index in [0.29, 0.717) is 16.8 Å². The van der Waals surface area contributed by atoms with Gasteiger partial charge in [-0.15, -0.1) is 11.3 Å². The molecule has 31 heavy (non-hydrogen) atoms. The number of nitrogens with one attached hydrogen (secondary N) is 3. The van der Waals surface area contributed by atoms with Gasteiger partial charge < -0.3 is 20.7 Å². The fraction of sp³-hybridized carbons (Fsp3) is 0.167. The Labute approximate surface area is 184 Å². The Morgan fingerprint density at radius 3 is 2.61 bits per heavy atom. The van der Waals surface area contributed by atoms with Gasteiger partial charge in [0.15, 0.2) is 0 Å². The average molecular weight is 434 g/mol. The maximum absolute atomic E-state index is 13.0. The van der Waals surface area contributed by atoms with E-state index in [0.717, 1.165) is 34.9 Å². The second kappa shape index (κ2) is 9.16. The zero-order valence-electron chi connectivity index (χ0n) is 17.3. The number of thiophene rings is 1. The van der Waals surface area contributed by atoms with Crippen LogP contribution in [0.1, 0.15) is 33.3 Å². The van der Waals surface area contributed by atoms with Crippen LogP contribution in [0.25, 0.3) is 11.3 Å². The van der Waals surface area contributed by atoms with E-state index >= 15 is 0 Å². The predicted octanol–water partition coefficient (Wildman–Crippen LogP) is 4.58. The van der Waals surface area contributed by atoms with Crippen LogP contribution >= 0.6 is 11.3 Å². The molecule has 0 saturated carbocycles. The Kier molecular flexibility index (Phi) is 6.16. The first-order chi connectivity index (χ1) is 15.1. The van der Waals surface area contributed by atoms with Crippen molar-refractivity contribution in [3.63, 3.8) is 0 Å². The van der Waals surface area contributed by atoms with Gasteiger partial charge in [0.05, 0.1) is 34.5 Å². The molecule has 1 aliphatic heterocycles. The standard InChI is InChI=1S/C24H23N3O3S/c1-3-25-14-15-6-9-17(10-7-15)26-22(20-5-4-12-31-20)21-18-11-8-16(24(29)30-2)13-19(18)27-23(21)28/h4-13,25-26H,3,14H2,1-2H3,(H,27,28). The molecule has 3 N–H and O–H groups in total. The van der Waals surface area contributed by atoms with Crippen molar-refractivity contribution in [1.82, 2.24) is 5.32 Å². The van der Waals surface area contributed by atoms with Crippen LogP contribution in [0.3, 0.4) is 0 Å². The third kappa shape index (κ3) is 4.38. The highest BCUT2D eigenvalue weighted by Crippen LogP contribution is 2.39. The lowest BCUT2D eigenvalue weighted by Crippen LogP contribution is -2.11. The van der Waals surface area contributed by atoms with E-state index in [-0.39, 0.29) is 5.91 Å². The van der Waals surface area contributed by atoms with Crippen molar-refractivity contribution in [1.29, 1.82) is 0 Å². The summed E-state index contributed by atoms with van der Waals surface area (Å²) in [6, 6.07) is 17.2. The molecule has 158 valence electrons. The summed E-state index contributed by atoms with van der Waals surface area (Å²) in [4.78, 5) is 25.8. The van der Waals surface area contributed by atoms with E-state index in [1.807, 2.05) is 29.6 Å². The van der Waals surface area contributed by atoms with Gasteiger partial charge in [0.1, 0.15) is 0 Å². The highest BCUT2D eigenvalue weighted by molar-refractivity contribution is 7.11. The summed E-state index contributed by atoms with van der Waals surface area (Å²) in [5.41, 5.74) is 5.10. The van der Waals surface area contributed by atoms with E-state index < -0.39 is 5.97 Å². The second-order valence-corrected chi connectivity index (χ2v) is 7.98. The largest absolute Gasteiger partial charge is 0.465 e. The van der Waals surface area contributed by atoms with Crippen LogP contribution in [0.4, 0.5) is 11.4 Å². The lowest BCUT2D eigenvalue weighted by Gasteiger charge is -2.14.